The Morgan fingerprint density at radius 2 is 2.12 bits per heavy atom. The highest BCUT2D eigenvalue weighted by molar-refractivity contribution is 5.72. The van der Waals surface area contributed by atoms with Gasteiger partial charge in [0.25, 0.3) is 0 Å². The number of hydrogen-bond acceptors (Lipinski definition) is 4. The molecule has 17 heavy (non-hydrogen) atoms. The smallest absolute Gasteiger partial charge is 0.334 e. The van der Waals surface area contributed by atoms with E-state index in [0.29, 0.717) is 13.2 Å². The van der Waals surface area contributed by atoms with Crippen LogP contribution in [0.25, 0.3) is 0 Å². The highest BCUT2D eigenvalue weighted by atomic mass is 16.5. The summed E-state index contributed by atoms with van der Waals surface area (Å²) in [4.78, 5) is 15.5. The first-order valence-corrected chi connectivity index (χ1v) is 6.15. The lowest BCUT2D eigenvalue weighted by atomic mass is 9.99. The third-order valence-electron chi connectivity index (χ3n) is 3.46. The monoisotopic (exact) mass is 244 g/mol. The molecule has 1 heterocycles. The van der Waals surface area contributed by atoms with Crippen molar-refractivity contribution >= 4 is 5.97 Å². The largest absolute Gasteiger partial charge is 0.479 e. The summed E-state index contributed by atoms with van der Waals surface area (Å²) >= 11 is 0. The van der Waals surface area contributed by atoms with Crippen LogP contribution >= 0.6 is 0 Å². The fraction of sp³-hybridized carbons (Fsp3) is 0.917. The number of piperazine rings is 1. The van der Waals surface area contributed by atoms with E-state index in [1.54, 1.807) is 0 Å². The maximum Gasteiger partial charge on any atom is 0.334 e. The summed E-state index contributed by atoms with van der Waals surface area (Å²) < 4.78 is 5.25. The zero-order chi connectivity index (χ0) is 13.1. The lowest BCUT2D eigenvalue weighted by molar-refractivity contribution is -0.152. The first-order valence-electron chi connectivity index (χ1n) is 6.15. The van der Waals surface area contributed by atoms with Gasteiger partial charge in [-0.3, -0.25) is 9.80 Å². The molecule has 5 heteroatoms. The summed E-state index contributed by atoms with van der Waals surface area (Å²) in [5.74, 6) is -0.872. The molecular formula is C12H24N2O3. The van der Waals surface area contributed by atoms with Crippen molar-refractivity contribution in [3.8, 4) is 0 Å². The number of carboxylic acid groups (broad SMARTS) is 1. The average molecular weight is 244 g/mol. The molecule has 1 N–H and O–H groups in total. The maximum atomic E-state index is 11.0. The molecule has 1 fully saturated rings. The number of nitrogens with zero attached hydrogens (tertiary/aromatic N) is 2. The summed E-state index contributed by atoms with van der Waals surface area (Å²) in [5, 5.41) is 9.06. The van der Waals surface area contributed by atoms with E-state index in [-0.39, 0.29) is 5.54 Å². The SMILES string of the molecule is CCOC(CN1CCN(C)C(C)(C)C1)C(=O)O. The van der Waals surface area contributed by atoms with Crippen LogP contribution in [0.2, 0.25) is 0 Å². The third kappa shape index (κ3) is 3.94. The van der Waals surface area contributed by atoms with E-state index in [0.717, 1.165) is 19.6 Å². The number of rotatable bonds is 5. The Kier molecular flexibility index (Phi) is 4.91. The highest BCUT2D eigenvalue weighted by Crippen LogP contribution is 2.19. The summed E-state index contributed by atoms with van der Waals surface area (Å²) in [6.45, 7) is 9.83. The van der Waals surface area contributed by atoms with Crippen LogP contribution in [0.5, 0.6) is 0 Å². The van der Waals surface area contributed by atoms with Crippen molar-refractivity contribution in [3.05, 3.63) is 0 Å². The molecule has 0 aromatic carbocycles. The molecule has 1 aliphatic heterocycles. The van der Waals surface area contributed by atoms with Crippen molar-refractivity contribution in [2.75, 3.05) is 39.8 Å². The summed E-state index contributed by atoms with van der Waals surface area (Å²) in [6, 6.07) is 0. The predicted octanol–water partition coefficient (Wildman–Crippen LogP) is 0.502. The van der Waals surface area contributed by atoms with Crippen LogP contribution in [0.15, 0.2) is 0 Å². The van der Waals surface area contributed by atoms with Crippen LogP contribution in [-0.2, 0) is 9.53 Å². The van der Waals surface area contributed by atoms with Crippen LogP contribution < -0.4 is 0 Å². The molecule has 1 rings (SSSR count). The second kappa shape index (κ2) is 5.80. The molecule has 0 aromatic heterocycles. The van der Waals surface area contributed by atoms with Gasteiger partial charge in [0.15, 0.2) is 6.10 Å². The van der Waals surface area contributed by atoms with E-state index in [2.05, 4.69) is 30.7 Å². The fourth-order valence-corrected chi connectivity index (χ4v) is 2.13. The quantitative estimate of drug-likeness (QED) is 0.763. The molecule has 0 radical (unpaired) electrons. The number of carboxylic acids is 1. The van der Waals surface area contributed by atoms with E-state index in [1.807, 2.05) is 6.92 Å². The van der Waals surface area contributed by atoms with Gasteiger partial charge in [0.2, 0.25) is 0 Å². The van der Waals surface area contributed by atoms with Gasteiger partial charge in [-0.25, -0.2) is 4.79 Å². The Hall–Kier alpha value is -0.650. The van der Waals surface area contributed by atoms with Crippen LogP contribution in [0.4, 0.5) is 0 Å². The van der Waals surface area contributed by atoms with Gasteiger partial charge in [0.1, 0.15) is 0 Å². The molecule has 100 valence electrons. The minimum absolute atomic E-state index is 0.0908. The number of likely N-dealkylation sites (N-methyl/N-ethyl adjacent to an activating group) is 1. The van der Waals surface area contributed by atoms with Crippen molar-refractivity contribution in [1.82, 2.24) is 9.80 Å². The van der Waals surface area contributed by atoms with Gasteiger partial charge in [-0.05, 0) is 27.8 Å². The molecule has 1 unspecified atom stereocenters. The summed E-state index contributed by atoms with van der Waals surface area (Å²) in [7, 11) is 2.11. The molecular weight excluding hydrogens is 220 g/mol. The molecule has 1 saturated heterocycles. The van der Waals surface area contributed by atoms with Gasteiger partial charge in [-0.2, -0.15) is 0 Å². The molecule has 1 aliphatic rings. The lowest BCUT2D eigenvalue weighted by Gasteiger charge is -2.45. The second-order valence-corrected chi connectivity index (χ2v) is 5.25. The normalized spacial score (nSPS) is 23.5. The first-order chi connectivity index (χ1) is 7.86. The number of ether oxygens (including phenoxy) is 1. The third-order valence-corrected chi connectivity index (χ3v) is 3.46. The Morgan fingerprint density at radius 3 is 2.59 bits per heavy atom. The molecule has 5 nitrogen and oxygen atoms in total. The Labute approximate surface area is 103 Å². The van der Waals surface area contributed by atoms with Crippen molar-refractivity contribution < 1.29 is 14.6 Å². The van der Waals surface area contributed by atoms with Crippen LogP contribution in [0.3, 0.4) is 0 Å². The second-order valence-electron chi connectivity index (χ2n) is 5.25. The molecule has 0 aliphatic carbocycles. The van der Waals surface area contributed by atoms with Crippen LogP contribution in [0.1, 0.15) is 20.8 Å². The van der Waals surface area contributed by atoms with E-state index < -0.39 is 12.1 Å². The van der Waals surface area contributed by atoms with Crippen LogP contribution in [0, 0.1) is 0 Å². The van der Waals surface area contributed by atoms with Gasteiger partial charge >= 0.3 is 5.97 Å². The van der Waals surface area contributed by atoms with E-state index >= 15 is 0 Å². The molecule has 0 aromatic rings. The topological polar surface area (TPSA) is 53.0 Å². The zero-order valence-electron chi connectivity index (χ0n) is 11.3. The Balaban J connectivity index is 2.54. The number of aliphatic carboxylic acids is 1. The molecule has 0 bridgehead atoms. The van der Waals surface area contributed by atoms with Crippen molar-refractivity contribution in [3.63, 3.8) is 0 Å². The maximum absolute atomic E-state index is 11.0. The zero-order valence-corrected chi connectivity index (χ0v) is 11.3. The summed E-state index contributed by atoms with van der Waals surface area (Å²) in [5.41, 5.74) is 0.0908. The van der Waals surface area contributed by atoms with Gasteiger partial charge < -0.3 is 9.84 Å². The van der Waals surface area contributed by atoms with Gasteiger partial charge in [0.05, 0.1) is 0 Å². The fourth-order valence-electron chi connectivity index (χ4n) is 2.13. The Morgan fingerprint density at radius 1 is 1.47 bits per heavy atom. The number of hydrogen-bond donors (Lipinski definition) is 1. The minimum Gasteiger partial charge on any atom is -0.479 e. The number of carbonyl (C=O) groups is 1. The van der Waals surface area contributed by atoms with E-state index in [9.17, 15) is 4.79 Å². The minimum atomic E-state index is -0.872. The lowest BCUT2D eigenvalue weighted by Crippen LogP contribution is -2.59. The molecule has 0 amide bonds. The van der Waals surface area contributed by atoms with Crippen molar-refractivity contribution in [2.45, 2.75) is 32.4 Å². The van der Waals surface area contributed by atoms with Gasteiger partial charge in [-0.1, -0.05) is 0 Å². The van der Waals surface area contributed by atoms with Crippen molar-refractivity contribution in [2.24, 2.45) is 0 Å². The van der Waals surface area contributed by atoms with E-state index in [4.69, 9.17) is 9.84 Å². The Bertz CT molecular complexity index is 268. The summed E-state index contributed by atoms with van der Waals surface area (Å²) in [6.07, 6.45) is -0.709. The average Bonchev–Trinajstić information content (AvgIpc) is 2.22. The highest BCUT2D eigenvalue weighted by Gasteiger charge is 2.33. The van der Waals surface area contributed by atoms with Crippen LogP contribution in [-0.4, -0.2) is 72.4 Å². The first kappa shape index (κ1) is 14.4. The molecule has 0 saturated carbocycles. The molecule has 0 spiro atoms. The molecule has 1 atom stereocenters. The van der Waals surface area contributed by atoms with Crippen molar-refractivity contribution in [1.29, 1.82) is 0 Å². The van der Waals surface area contributed by atoms with Gasteiger partial charge in [0, 0.05) is 38.3 Å². The van der Waals surface area contributed by atoms with E-state index in [1.165, 1.54) is 0 Å². The predicted molar refractivity (Wildman–Crippen MR) is 66.2 cm³/mol. The van der Waals surface area contributed by atoms with Gasteiger partial charge in [-0.15, -0.1) is 0 Å². The standard InChI is InChI=1S/C12H24N2O3/c1-5-17-10(11(15)16)8-14-7-6-13(4)12(2,3)9-14/h10H,5-9H2,1-4H3,(H,15,16).